The molecule has 1 aromatic heterocycles. The van der Waals surface area contributed by atoms with Crippen LogP contribution < -0.4 is 5.32 Å². The fourth-order valence-electron chi connectivity index (χ4n) is 1.70. The molecule has 0 radical (unpaired) electrons. The van der Waals surface area contributed by atoms with Crippen LogP contribution in [0, 0.1) is 0 Å². The number of rotatable bonds is 7. The van der Waals surface area contributed by atoms with Gasteiger partial charge in [-0.25, -0.2) is 4.98 Å². The van der Waals surface area contributed by atoms with E-state index in [0.717, 1.165) is 5.69 Å². The second kappa shape index (κ2) is 7.42. The third-order valence-electron chi connectivity index (χ3n) is 2.70. The topological polar surface area (TPSA) is 76.4 Å². The number of hydrogen-bond acceptors (Lipinski definition) is 4. The summed E-state index contributed by atoms with van der Waals surface area (Å²) < 4.78 is 6.93. The minimum Gasteiger partial charge on any atom is -0.394 e. The fraction of sp³-hybridized carbons (Fsp3) is 0.286. The number of nitrogens with zero attached hydrogens (tertiary/aromatic N) is 2. The highest BCUT2D eigenvalue weighted by atomic mass is 16.5. The van der Waals surface area contributed by atoms with Gasteiger partial charge in [-0.1, -0.05) is 0 Å². The first-order valence-electron chi connectivity index (χ1n) is 6.36. The molecule has 0 aliphatic rings. The maximum absolute atomic E-state index is 11.8. The molecule has 106 valence electrons. The first kappa shape index (κ1) is 14.2. The molecule has 20 heavy (non-hydrogen) atoms. The minimum absolute atomic E-state index is 0.0103. The van der Waals surface area contributed by atoms with E-state index in [9.17, 15) is 4.79 Å². The zero-order valence-electron chi connectivity index (χ0n) is 11.0. The third-order valence-corrected chi connectivity index (χ3v) is 2.70. The standard InChI is InChI=1S/C14H17N3O3/c18-8-10-20-9-6-16-14(19)12-1-3-13(4-2-12)17-7-5-15-11-17/h1-5,7,11,18H,6,8-10H2,(H,16,19). The van der Waals surface area contributed by atoms with Crippen LogP contribution in [0.2, 0.25) is 0 Å². The minimum atomic E-state index is -0.144. The second-order valence-electron chi connectivity index (χ2n) is 4.11. The molecule has 0 spiro atoms. The van der Waals surface area contributed by atoms with Crippen LogP contribution in [0.4, 0.5) is 0 Å². The number of benzene rings is 1. The van der Waals surface area contributed by atoms with E-state index < -0.39 is 0 Å². The van der Waals surface area contributed by atoms with Crippen LogP contribution in [-0.4, -0.2) is 46.9 Å². The molecule has 2 aromatic rings. The van der Waals surface area contributed by atoms with Crippen molar-refractivity contribution in [2.24, 2.45) is 0 Å². The van der Waals surface area contributed by atoms with Crippen molar-refractivity contribution in [2.45, 2.75) is 0 Å². The molecule has 6 nitrogen and oxygen atoms in total. The Balaban J connectivity index is 1.85. The first-order chi connectivity index (χ1) is 9.81. The van der Waals surface area contributed by atoms with E-state index in [-0.39, 0.29) is 19.1 Å². The van der Waals surface area contributed by atoms with Crippen molar-refractivity contribution in [1.29, 1.82) is 0 Å². The molecule has 0 aliphatic heterocycles. The maximum Gasteiger partial charge on any atom is 0.251 e. The van der Waals surface area contributed by atoms with Crippen LogP contribution in [0.5, 0.6) is 0 Å². The Hall–Kier alpha value is -2.18. The number of aliphatic hydroxyl groups is 1. The quantitative estimate of drug-likeness (QED) is 0.726. The lowest BCUT2D eigenvalue weighted by Crippen LogP contribution is -2.27. The molecule has 2 N–H and O–H groups in total. The smallest absolute Gasteiger partial charge is 0.251 e. The summed E-state index contributed by atoms with van der Waals surface area (Å²) in [4.78, 5) is 15.8. The highest BCUT2D eigenvalue weighted by Crippen LogP contribution is 2.09. The number of ether oxygens (including phenoxy) is 1. The molecule has 0 atom stereocenters. The lowest BCUT2D eigenvalue weighted by atomic mass is 10.2. The normalized spacial score (nSPS) is 10.4. The zero-order chi connectivity index (χ0) is 14.2. The Morgan fingerprint density at radius 2 is 2.10 bits per heavy atom. The summed E-state index contributed by atoms with van der Waals surface area (Å²) in [5, 5.41) is 11.3. The van der Waals surface area contributed by atoms with Crippen molar-refractivity contribution in [3.63, 3.8) is 0 Å². The number of nitrogens with one attached hydrogen (secondary N) is 1. The zero-order valence-corrected chi connectivity index (χ0v) is 11.0. The summed E-state index contributed by atoms with van der Waals surface area (Å²) in [7, 11) is 0. The molecule has 0 unspecified atom stereocenters. The lowest BCUT2D eigenvalue weighted by Gasteiger charge is -2.07. The molecule has 0 saturated heterocycles. The van der Waals surface area contributed by atoms with Crippen LogP contribution in [-0.2, 0) is 4.74 Å². The lowest BCUT2D eigenvalue weighted by molar-refractivity contribution is 0.0838. The van der Waals surface area contributed by atoms with Crippen LogP contribution in [0.25, 0.3) is 5.69 Å². The molecular weight excluding hydrogens is 258 g/mol. The number of aromatic nitrogens is 2. The van der Waals surface area contributed by atoms with E-state index in [4.69, 9.17) is 9.84 Å². The van der Waals surface area contributed by atoms with E-state index in [1.54, 1.807) is 24.7 Å². The molecule has 1 amide bonds. The predicted molar refractivity (Wildman–Crippen MR) is 73.8 cm³/mol. The summed E-state index contributed by atoms with van der Waals surface area (Å²) in [5.74, 6) is -0.144. The van der Waals surface area contributed by atoms with Crippen molar-refractivity contribution in [1.82, 2.24) is 14.9 Å². The SMILES string of the molecule is O=C(NCCOCCO)c1ccc(-n2ccnc2)cc1. The first-order valence-corrected chi connectivity index (χ1v) is 6.36. The van der Waals surface area contributed by atoms with Gasteiger partial charge in [0.05, 0.1) is 26.1 Å². The summed E-state index contributed by atoms with van der Waals surface area (Å²) in [6.45, 7) is 1.08. The van der Waals surface area contributed by atoms with E-state index in [1.165, 1.54) is 0 Å². The van der Waals surface area contributed by atoms with Crippen molar-refractivity contribution in [3.05, 3.63) is 48.5 Å². The van der Waals surface area contributed by atoms with Gasteiger partial charge < -0.3 is 19.7 Å². The van der Waals surface area contributed by atoms with Crippen LogP contribution in [0.1, 0.15) is 10.4 Å². The molecule has 1 heterocycles. The molecular formula is C14H17N3O3. The van der Waals surface area contributed by atoms with Gasteiger partial charge in [-0.05, 0) is 24.3 Å². The van der Waals surface area contributed by atoms with Gasteiger partial charge in [0.25, 0.3) is 5.91 Å². The number of imidazole rings is 1. The average Bonchev–Trinajstić information content (AvgIpc) is 3.01. The molecule has 0 saturated carbocycles. The highest BCUT2D eigenvalue weighted by Gasteiger charge is 2.04. The largest absolute Gasteiger partial charge is 0.394 e. The third kappa shape index (κ3) is 3.91. The average molecular weight is 275 g/mol. The van der Waals surface area contributed by atoms with Crippen LogP contribution in [0.3, 0.4) is 0 Å². The van der Waals surface area contributed by atoms with Crippen LogP contribution >= 0.6 is 0 Å². The van der Waals surface area contributed by atoms with Crippen molar-refractivity contribution in [3.8, 4) is 5.69 Å². The maximum atomic E-state index is 11.8. The molecule has 2 rings (SSSR count). The number of aliphatic hydroxyl groups excluding tert-OH is 1. The van der Waals surface area contributed by atoms with Crippen molar-refractivity contribution < 1.29 is 14.6 Å². The number of amides is 1. The summed E-state index contributed by atoms with van der Waals surface area (Å²) in [6, 6.07) is 7.25. The Morgan fingerprint density at radius 3 is 2.75 bits per heavy atom. The van der Waals surface area contributed by atoms with E-state index in [0.29, 0.717) is 18.7 Å². The van der Waals surface area contributed by atoms with Gasteiger partial charge in [-0.3, -0.25) is 4.79 Å². The highest BCUT2D eigenvalue weighted by molar-refractivity contribution is 5.94. The van der Waals surface area contributed by atoms with Gasteiger partial charge in [0.15, 0.2) is 0 Å². The number of hydrogen-bond donors (Lipinski definition) is 2. The summed E-state index contributed by atoms with van der Waals surface area (Å²) in [5.41, 5.74) is 1.54. The van der Waals surface area contributed by atoms with Gasteiger partial charge >= 0.3 is 0 Å². The summed E-state index contributed by atoms with van der Waals surface area (Å²) >= 11 is 0. The monoisotopic (exact) mass is 275 g/mol. The fourth-order valence-corrected chi connectivity index (χ4v) is 1.70. The van der Waals surface area contributed by atoms with Gasteiger partial charge in [0, 0.05) is 30.2 Å². The Morgan fingerprint density at radius 1 is 1.30 bits per heavy atom. The number of carbonyl (C=O) groups excluding carboxylic acids is 1. The van der Waals surface area contributed by atoms with Gasteiger partial charge in [-0.2, -0.15) is 0 Å². The van der Waals surface area contributed by atoms with Gasteiger partial charge in [-0.15, -0.1) is 0 Å². The predicted octanol–water partition coefficient (Wildman–Crippen LogP) is 0.611. The van der Waals surface area contributed by atoms with Gasteiger partial charge in [0.1, 0.15) is 0 Å². The molecule has 0 bridgehead atoms. The molecule has 0 fully saturated rings. The summed E-state index contributed by atoms with van der Waals surface area (Å²) in [6.07, 6.45) is 5.24. The Bertz CT molecular complexity index is 523. The molecule has 0 aliphatic carbocycles. The van der Waals surface area contributed by atoms with Crippen LogP contribution in [0.15, 0.2) is 43.0 Å². The van der Waals surface area contributed by atoms with Gasteiger partial charge in [0.2, 0.25) is 0 Å². The van der Waals surface area contributed by atoms with E-state index in [2.05, 4.69) is 10.3 Å². The number of carbonyl (C=O) groups is 1. The van der Waals surface area contributed by atoms with Crippen molar-refractivity contribution >= 4 is 5.91 Å². The van der Waals surface area contributed by atoms with E-state index in [1.807, 2.05) is 22.9 Å². The molecule has 1 aromatic carbocycles. The Kier molecular flexibility index (Phi) is 5.28. The van der Waals surface area contributed by atoms with E-state index >= 15 is 0 Å². The second-order valence-corrected chi connectivity index (χ2v) is 4.11. The molecule has 6 heteroatoms. The van der Waals surface area contributed by atoms with Crippen molar-refractivity contribution in [2.75, 3.05) is 26.4 Å². The Labute approximate surface area is 117 Å².